The molecule has 0 spiro atoms. The third-order valence-corrected chi connectivity index (χ3v) is 2.86. The molecule has 0 amide bonds. The van der Waals surface area contributed by atoms with Gasteiger partial charge >= 0.3 is 0 Å². The Morgan fingerprint density at radius 3 is 2.50 bits per heavy atom. The van der Waals surface area contributed by atoms with E-state index >= 15 is 0 Å². The molecular weight excluding hydrogens is 257 g/mol. The van der Waals surface area contributed by atoms with Gasteiger partial charge in [-0.1, -0.05) is 18.2 Å². The number of aromatic amines is 1. The summed E-state index contributed by atoms with van der Waals surface area (Å²) < 4.78 is 19.7. The van der Waals surface area contributed by atoms with Gasteiger partial charge < -0.3 is 15.5 Å². The lowest BCUT2D eigenvalue weighted by Crippen LogP contribution is -1.92. The molecule has 0 unspecified atom stereocenters. The molecule has 4 nitrogen and oxygen atoms in total. The smallest absolute Gasteiger partial charge is 0.149 e. The number of nitrogens with zero attached hydrogens (tertiary/aromatic N) is 1. The highest BCUT2D eigenvalue weighted by atomic mass is 19.1. The number of para-hydroxylation sites is 1. The van der Waals surface area contributed by atoms with Crippen molar-refractivity contribution in [2.75, 3.05) is 5.73 Å². The zero-order chi connectivity index (χ0) is 13.9. The second-order valence-corrected chi connectivity index (χ2v) is 4.22. The number of nitrogen functional groups attached to an aromatic ring is 1. The fraction of sp³-hybridized carbons (Fsp3) is 0. The Kier molecular flexibility index (Phi) is 3.09. The predicted octanol–water partition coefficient (Wildman–Crippen LogP) is 3.59. The summed E-state index contributed by atoms with van der Waals surface area (Å²) in [5.41, 5.74) is 6.49. The van der Waals surface area contributed by atoms with Crippen molar-refractivity contribution in [2.45, 2.75) is 0 Å². The first-order valence-corrected chi connectivity index (χ1v) is 6.06. The van der Waals surface area contributed by atoms with Gasteiger partial charge in [-0.3, -0.25) is 0 Å². The molecule has 20 heavy (non-hydrogen) atoms. The third kappa shape index (κ3) is 2.33. The van der Waals surface area contributed by atoms with Crippen molar-refractivity contribution in [1.82, 2.24) is 9.97 Å². The maximum atomic E-state index is 14.1. The van der Waals surface area contributed by atoms with Crippen LogP contribution in [-0.4, -0.2) is 9.97 Å². The third-order valence-electron chi connectivity index (χ3n) is 2.86. The van der Waals surface area contributed by atoms with Gasteiger partial charge in [0, 0.05) is 11.6 Å². The lowest BCUT2D eigenvalue weighted by molar-refractivity contribution is 0.477. The minimum absolute atomic E-state index is 0.264. The van der Waals surface area contributed by atoms with Gasteiger partial charge in [0.25, 0.3) is 0 Å². The van der Waals surface area contributed by atoms with Crippen molar-refractivity contribution < 1.29 is 9.13 Å². The van der Waals surface area contributed by atoms with E-state index in [9.17, 15) is 4.39 Å². The molecule has 5 heteroatoms. The Balaban J connectivity index is 1.90. The molecule has 0 aliphatic rings. The number of imidazole rings is 1. The van der Waals surface area contributed by atoms with E-state index in [1.807, 2.05) is 18.2 Å². The summed E-state index contributed by atoms with van der Waals surface area (Å²) in [5.74, 6) is 0.922. The number of rotatable bonds is 3. The van der Waals surface area contributed by atoms with Gasteiger partial charge in [0.2, 0.25) is 0 Å². The first-order chi connectivity index (χ1) is 9.74. The molecule has 1 heterocycles. The number of aromatic nitrogens is 2. The highest BCUT2D eigenvalue weighted by molar-refractivity contribution is 5.70. The minimum atomic E-state index is -0.422. The molecule has 3 rings (SSSR count). The lowest BCUT2D eigenvalue weighted by Gasteiger charge is -2.07. The number of nitrogens with two attached hydrogens (primary N) is 1. The normalized spacial score (nSPS) is 10.4. The summed E-state index contributed by atoms with van der Waals surface area (Å²) in [5, 5.41) is 0. The Labute approximate surface area is 115 Å². The molecule has 0 saturated carbocycles. The van der Waals surface area contributed by atoms with Crippen LogP contribution in [0.5, 0.6) is 11.5 Å². The van der Waals surface area contributed by atoms with Gasteiger partial charge in [0.15, 0.2) is 0 Å². The van der Waals surface area contributed by atoms with Crippen LogP contribution >= 0.6 is 0 Å². The molecule has 0 aliphatic carbocycles. The minimum Gasteiger partial charge on any atom is -0.457 e. The van der Waals surface area contributed by atoms with Crippen LogP contribution in [0.2, 0.25) is 0 Å². The van der Waals surface area contributed by atoms with E-state index in [-0.39, 0.29) is 5.82 Å². The quantitative estimate of drug-likeness (QED) is 0.763. The second-order valence-electron chi connectivity index (χ2n) is 4.22. The van der Waals surface area contributed by atoms with Crippen LogP contribution in [0, 0.1) is 5.82 Å². The van der Waals surface area contributed by atoms with Crippen molar-refractivity contribution in [1.29, 1.82) is 0 Å². The van der Waals surface area contributed by atoms with Crippen molar-refractivity contribution in [2.24, 2.45) is 0 Å². The van der Waals surface area contributed by atoms with E-state index in [4.69, 9.17) is 10.5 Å². The summed E-state index contributed by atoms with van der Waals surface area (Å²) in [7, 11) is 0. The van der Waals surface area contributed by atoms with Gasteiger partial charge in [0.05, 0.1) is 12.0 Å². The fourth-order valence-electron chi connectivity index (χ4n) is 1.91. The highest BCUT2D eigenvalue weighted by Gasteiger charge is 2.11. The molecule has 3 N–H and O–H groups in total. The monoisotopic (exact) mass is 269 g/mol. The highest BCUT2D eigenvalue weighted by Crippen LogP contribution is 2.29. The topological polar surface area (TPSA) is 63.9 Å². The van der Waals surface area contributed by atoms with Crippen LogP contribution in [0.15, 0.2) is 54.9 Å². The fourth-order valence-corrected chi connectivity index (χ4v) is 1.91. The first kappa shape index (κ1) is 12.2. The van der Waals surface area contributed by atoms with E-state index in [2.05, 4.69) is 9.97 Å². The van der Waals surface area contributed by atoms with Gasteiger partial charge in [0.1, 0.15) is 23.1 Å². The van der Waals surface area contributed by atoms with Crippen LogP contribution in [0.25, 0.3) is 11.3 Å². The van der Waals surface area contributed by atoms with Crippen LogP contribution < -0.4 is 10.5 Å². The molecule has 0 saturated heterocycles. The number of ether oxygens (including phenoxy) is 1. The molecule has 0 bridgehead atoms. The standard InChI is InChI=1S/C15H12FN3O/c16-13-8-11(20-10-4-2-1-3-5-10)6-7-12(13)14-15(17)19-9-18-14/h1-9H,17H2,(H,18,19). The Bertz CT molecular complexity index is 725. The van der Waals surface area contributed by atoms with Gasteiger partial charge in [-0.2, -0.15) is 0 Å². The van der Waals surface area contributed by atoms with Crippen molar-refractivity contribution in [3.8, 4) is 22.8 Å². The number of hydrogen-bond donors (Lipinski definition) is 2. The van der Waals surface area contributed by atoms with E-state index in [1.54, 1.807) is 24.3 Å². The summed E-state index contributed by atoms with van der Waals surface area (Å²) in [6, 6.07) is 13.8. The molecule has 0 radical (unpaired) electrons. The van der Waals surface area contributed by atoms with Crippen LogP contribution in [-0.2, 0) is 0 Å². The Morgan fingerprint density at radius 2 is 1.85 bits per heavy atom. The average Bonchev–Trinajstić information content (AvgIpc) is 2.86. The summed E-state index contributed by atoms with van der Waals surface area (Å²) in [6.07, 6.45) is 1.43. The molecule has 0 atom stereocenters. The van der Waals surface area contributed by atoms with Gasteiger partial charge in [-0.05, 0) is 24.3 Å². The van der Waals surface area contributed by atoms with Crippen LogP contribution in [0.1, 0.15) is 0 Å². The van der Waals surface area contributed by atoms with Crippen molar-refractivity contribution in [3.63, 3.8) is 0 Å². The summed E-state index contributed by atoms with van der Waals surface area (Å²) in [4.78, 5) is 6.66. The van der Waals surface area contributed by atoms with Gasteiger partial charge in [-0.25, -0.2) is 9.37 Å². The zero-order valence-electron chi connectivity index (χ0n) is 10.5. The summed E-state index contributed by atoms with van der Waals surface area (Å²) >= 11 is 0. The van der Waals surface area contributed by atoms with Crippen LogP contribution in [0.3, 0.4) is 0 Å². The average molecular weight is 269 g/mol. The molecule has 0 fully saturated rings. The number of benzene rings is 2. The first-order valence-electron chi connectivity index (χ1n) is 6.06. The number of anilines is 1. The molecule has 0 aliphatic heterocycles. The van der Waals surface area contributed by atoms with E-state index in [1.165, 1.54) is 12.4 Å². The maximum absolute atomic E-state index is 14.1. The van der Waals surface area contributed by atoms with E-state index in [0.717, 1.165) is 0 Å². The SMILES string of the molecule is Nc1nc[nH]c1-c1ccc(Oc2ccccc2)cc1F. The maximum Gasteiger partial charge on any atom is 0.149 e. The lowest BCUT2D eigenvalue weighted by atomic mass is 10.1. The van der Waals surface area contributed by atoms with E-state index in [0.29, 0.717) is 22.8 Å². The number of nitrogens with one attached hydrogen (secondary N) is 1. The second kappa shape index (κ2) is 5.05. The zero-order valence-corrected chi connectivity index (χ0v) is 10.5. The Morgan fingerprint density at radius 1 is 1.05 bits per heavy atom. The van der Waals surface area contributed by atoms with E-state index < -0.39 is 5.82 Å². The number of halogens is 1. The molecule has 3 aromatic rings. The van der Waals surface area contributed by atoms with Gasteiger partial charge in [-0.15, -0.1) is 0 Å². The van der Waals surface area contributed by atoms with Crippen molar-refractivity contribution >= 4 is 5.82 Å². The number of H-pyrrole nitrogens is 1. The Hall–Kier alpha value is -2.82. The van der Waals surface area contributed by atoms with Crippen LogP contribution in [0.4, 0.5) is 10.2 Å². The van der Waals surface area contributed by atoms with Crippen molar-refractivity contribution in [3.05, 3.63) is 60.7 Å². The predicted molar refractivity (Wildman–Crippen MR) is 74.9 cm³/mol. The molecular formula is C15H12FN3O. The largest absolute Gasteiger partial charge is 0.457 e. The number of hydrogen-bond acceptors (Lipinski definition) is 3. The summed E-state index contributed by atoms with van der Waals surface area (Å²) in [6.45, 7) is 0. The molecule has 2 aromatic carbocycles. The molecule has 1 aromatic heterocycles. The molecule has 100 valence electrons.